The summed E-state index contributed by atoms with van der Waals surface area (Å²) in [5.41, 5.74) is 2.51. The summed E-state index contributed by atoms with van der Waals surface area (Å²) < 4.78 is 0. The second-order valence-corrected chi connectivity index (χ2v) is 1.05. The number of rotatable bonds is 0. The molecule has 0 atom stereocenters. The number of hydrogen-bond donors (Lipinski definition) is 2. The first-order valence-corrected chi connectivity index (χ1v) is 1.70. The molecule has 0 aliphatic carbocycles. The van der Waals surface area contributed by atoms with E-state index in [1.54, 1.807) is 0 Å². The van der Waals surface area contributed by atoms with Crippen LogP contribution in [0.2, 0.25) is 0 Å². The molecule has 1 fully saturated rings. The molecule has 0 bridgehead atoms. The molecule has 6 heavy (non-hydrogen) atoms. The van der Waals surface area contributed by atoms with E-state index in [-0.39, 0.29) is 0 Å². The van der Waals surface area contributed by atoms with Crippen molar-refractivity contribution < 1.29 is 4.84 Å². The Labute approximate surface area is 35.9 Å². The zero-order valence-electron chi connectivity index (χ0n) is 3.32. The van der Waals surface area contributed by atoms with Gasteiger partial charge in [-0.25, -0.2) is 5.48 Å². The molecule has 34 valence electrons. The van der Waals surface area contributed by atoms with E-state index >= 15 is 0 Å². The van der Waals surface area contributed by atoms with Crippen molar-refractivity contribution in [3.63, 3.8) is 0 Å². The molecule has 0 spiro atoms. The van der Waals surface area contributed by atoms with Crippen molar-refractivity contribution in [3.8, 4) is 0 Å². The van der Waals surface area contributed by atoms with Crippen LogP contribution < -0.4 is 10.8 Å². The van der Waals surface area contributed by atoms with Crippen molar-refractivity contribution in [2.24, 2.45) is 0 Å². The van der Waals surface area contributed by atoms with Crippen LogP contribution in [0, 0.1) is 0 Å². The van der Waals surface area contributed by atoms with Crippen molar-refractivity contribution in [1.82, 2.24) is 10.8 Å². The predicted molar refractivity (Wildman–Crippen MR) is 21.4 cm³/mol. The molecule has 0 saturated carbocycles. The predicted octanol–water partition coefficient (Wildman–Crippen LogP) is -0.461. The normalized spacial score (nSPS) is 19.7. The molecule has 0 amide bonds. The summed E-state index contributed by atoms with van der Waals surface area (Å²) >= 11 is 0. The van der Waals surface area contributed by atoms with Gasteiger partial charge in [0.2, 0.25) is 0 Å². The van der Waals surface area contributed by atoms with Crippen LogP contribution in [-0.2, 0) is 4.84 Å². The second kappa shape index (κ2) is 1.18. The third-order valence-electron chi connectivity index (χ3n) is 0.553. The molecule has 0 aromatic carbocycles. The minimum absolute atomic E-state index is 0.527. The summed E-state index contributed by atoms with van der Waals surface area (Å²) in [6.07, 6.45) is 0. The highest BCUT2D eigenvalue weighted by Crippen LogP contribution is 1.82. The molecule has 1 heterocycles. The van der Waals surface area contributed by atoms with E-state index < -0.39 is 0 Å². The van der Waals surface area contributed by atoms with Crippen molar-refractivity contribution in [3.05, 3.63) is 12.4 Å². The molecule has 0 aromatic heterocycles. The lowest BCUT2D eigenvalue weighted by atomic mass is 10.8. The van der Waals surface area contributed by atoms with Crippen LogP contribution in [0.25, 0.3) is 0 Å². The quantitative estimate of drug-likeness (QED) is 0.418. The minimum atomic E-state index is 0.527. The van der Waals surface area contributed by atoms with E-state index in [1.807, 2.05) is 0 Å². The number of hydroxylamine groups is 1. The lowest BCUT2D eigenvalue weighted by Gasteiger charge is -1.85. The SMILES string of the molecule is C=C1NCON1. The van der Waals surface area contributed by atoms with Crippen molar-refractivity contribution in [2.75, 3.05) is 6.73 Å². The molecule has 3 heteroatoms. The Hall–Kier alpha value is -0.700. The van der Waals surface area contributed by atoms with Crippen LogP contribution in [-0.4, -0.2) is 6.73 Å². The minimum Gasteiger partial charge on any atom is -0.346 e. The zero-order chi connectivity index (χ0) is 4.41. The first-order valence-electron chi connectivity index (χ1n) is 1.70. The van der Waals surface area contributed by atoms with Gasteiger partial charge in [-0.05, 0) is 0 Å². The molecule has 0 aromatic rings. The van der Waals surface area contributed by atoms with Crippen LogP contribution in [0.4, 0.5) is 0 Å². The van der Waals surface area contributed by atoms with Gasteiger partial charge >= 0.3 is 0 Å². The van der Waals surface area contributed by atoms with E-state index in [2.05, 4.69) is 22.2 Å². The lowest BCUT2D eigenvalue weighted by molar-refractivity contribution is 0.108. The fraction of sp³-hybridized carbons (Fsp3) is 0.333. The van der Waals surface area contributed by atoms with Crippen molar-refractivity contribution in [1.29, 1.82) is 0 Å². The Bertz CT molecular complexity index is 63.2. The number of hydrogen-bond acceptors (Lipinski definition) is 3. The fourth-order valence-corrected chi connectivity index (χ4v) is 0.282. The summed E-state index contributed by atoms with van der Waals surface area (Å²) in [6, 6.07) is 0. The molecule has 1 aliphatic rings. The van der Waals surface area contributed by atoms with E-state index in [4.69, 9.17) is 0 Å². The molecular weight excluding hydrogens is 80.0 g/mol. The van der Waals surface area contributed by atoms with Crippen molar-refractivity contribution >= 4 is 0 Å². The highest BCUT2D eigenvalue weighted by molar-refractivity contribution is 4.85. The largest absolute Gasteiger partial charge is 0.346 e. The Kier molecular flexibility index (Phi) is 0.686. The van der Waals surface area contributed by atoms with Crippen LogP contribution in [0.5, 0.6) is 0 Å². The van der Waals surface area contributed by atoms with Gasteiger partial charge in [0, 0.05) is 0 Å². The molecule has 1 rings (SSSR count). The molecule has 0 radical (unpaired) electrons. The van der Waals surface area contributed by atoms with E-state index in [9.17, 15) is 0 Å². The second-order valence-electron chi connectivity index (χ2n) is 1.05. The van der Waals surface area contributed by atoms with Gasteiger partial charge in [0.15, 0.2) is 0 Å². The number of nitrogens with one attached hydrogen (secondary N) is 2. The Morgan fingerprint density at radius 2 is 2.67 bits per heavy atom. The van der Waals surface area contributed by atoms with Gasteiger partial charge in [-0.3, -0.25) is 4.84 Å². The summed E-state index contributed by atoms with van der Waals surface area (Å²) in [7, 11) is 0. The van der Waals surface area contributed by atoms with Crippen molar-refractivity contribution in [2.45, 2.75) is 0 Å². The third-order valence-corrected chi connectivity index (χ3v) is 0.553. The molecule has 2 N–H and O–H groups in total. The maximum absolute atomic E-state index is 4.60. The molecular formula is C3H6N2O. The maximum Gasteiger partial charge on any atom is 0.145 e. The van der Waals surface area contributed by atoms with Crippen LogP contribution in [0.15, 0.2) is 12.4 Å². The maximum atomic E-state index is 4.60. The van der Waals surface area contributed by atoms with Crippen LogP contribution >= 0.6 is 0 Å². The average molecular weight is 86.1 g/mol. The monoisotopic (exact) mass is 86.0 g/mol. The Morgan fingerprint density at radius 1 is 1.83 bits per heavy atom. The standard InChI is InChI=1S/C3H6N2O/c1-3-4-2-6-5-3/h4-5H,1-2H2. The summed E-state index contributed by atoms with van der Waals surface area (Å²) in [5.74, 6) is 0.731. The smallest absolute Gasteiger partial charge is 0.145 e. The van der Waals surface area contributed by atoms with E-state index in [0.29, 0.717) is 6.73 Å². The average Bonchev–Trinajstić information content (AvgIpc) is 1.86. The lowest BCUT2D eigenvalue weighted by Crippen LogP contribution is -2.06. The van der Waals surface area contributed by atoms with E-state index in [0.717, 1.165) is 5.82 Å². The zero-order valence-corrected chi connectivity index (χ0v) is 3.32. The van der Waals surface area contributed by atoms with Crippen LogP contribution in [0.3, 0.4) is 0 Å². The molecule has 1 saturated heterocycles. The highest BCUT2D eigenvalue weighted by Gasteiger charge is 1.96. The molecule has 1 aliphatic heterocycles. The van der Waals surface area contributed by atoms with Gasteiger partial charge in [0.05, 0.1) is 0 Å². The first kappa shape index (κ1) is 3.49. The van der Waals surface area contributed by atoms with Gasteiger partial charge in [-0.15, -0.1) is 0 Å². The molecule has 0 unspecified atom stereocenters. The summed E-state index contributed by atoms with van der Waals surface area (Å²) in [4.78, 5) is 4.60. The van der Waals surface area contributed by atoms with Crippen LogP contribution in [0.1, 0.15) is 0 Å². The molecule has 3 nitrogen and oxygen atoms in total. The van der Waals surface area contributed by atoms with Gasteiger partial charge in [0.25, 0.3) is 0 Å². The summed E-state index contributed by atoms with van der Waals surface area (Å²) in [5, 5.41) is 2.79. The topological polar surface area (TPSA) is 33.3 Å². The highest BCUT2D eigenvalue weighted by atomic mass is 16.7. The third kappa shape index (κ3) is 0.440. The Balaban J connectivity index is 2.37. The first-order chi connectivity index (χ1) is 2.89. The van der Waals surface area contributed by atoms with Gasteiger partial charge in [-0.2, -0.15) is 0 Å². The summed E-state index contributed by atoms with van der Waals surface area (Å²) in [6.45, 7) is 4.03. The van der Waals surface area contributed by atoms with E-state index in [1.165, 1.54) is 0 Å². The Morgan fingerprint density at radius 3 is 2.83 bits per heavy atom. The van der Waals surface area contributed by atoms with Gasteiger partial charge in [0.1, 0.15) is 12.6 Å². The fourth-order valence-electron chi connectivity index (χ4n) is 0.282. The van der Waals surface area contributed by atoms with Gasteiger partial charge < -0.3 is 5.32 Å². The van der Waals surface area contributed by atoms with Gasteiger partial charge in [-0.1, -0.05) is 6.58 Å².